The first-order valence-corrected chi connectivity index (χ1v) is 9.02. The quantitative estimate of drug-likeness (QED) is 0.538. The van der Waals surface area contributed by atoms with E-state index >= 15 is 0 Å². The van der Waals surface area contributed by atoms with Gasteiger partial charge in [0.1, 0.15) is 23.9 Å². The molecule has 7 heteroatoms. The highest BCUT2D eigenvalue weighted by atomic mass is 35.5. The van der Waals surface area contributed by atoms with Gasteiger partial charge in [0.2, 0.25) is 0 Å². The number of para-hydroxylation sites is 2. The smallest absolute Gasteiger partial charge is 0.291 e. The van der Waals surface area contributed by atoms with Crippen LogP contribution in [0.15, 0.2) is 59.0 Å². The largest absolute Gasteiger partial charge is 0.492 e. The van der Waals surface area contributed by atoms with Gasteiger partial charge in [-0.25, -0.2) is 0 Å². The molecule has 0 radical (unpaired) electrons. The lowest BCUT2D eigenvalue weighted by Crippen LogP contribution is -2.12. The molecule has 140 valence electrons. The normalized spacial score (nSPS) is 10.5. The average Bonchev–Trinajstić information content (AvgIpc) is 3.12. The molecule has 0 saturated carbocycles. The number of benzene rings is 2. The summed E-state index contributed by atoms with van der Waals surface area (Å²) in [7, 11) is 0. The van der Waals surface area contributed by atoms with Crippen LogP contribution in [0.2, 0.25) is 10.0 Å². The molecule has 1 N–H and O–H groups in total. The molecule has 2 aromatic carbocycles. The van der Waals surface area contributed by atoms with Crippen molar-refractivity contribution in [3.63, 3.8) is 0 Å². The maximum Gasteiger partial charge on any atom is 0.291 e. The molecule has 1 heterocycles. The van der Waals surface area contributed by atoms with Crippen molar-refractivity contribution >= 4 is 34.8 Å². The van der Waals surface area contributed by atoms with E-state index in [1.165, 1.54) is 0 Å². The summed E-state index contributed by atoms with van der Waals surface area (Å²) in [6, 6.07) is 15.4. The van der Waals surface area contributed by atoms with Gasteiger partial charge in [-0.15, -0.1) is 0 Å². The topological polar surface area (TPSA) is 60.7 Å². The molecule has 3 aromatic rings. The maximum atomic E-state index is 12.4. The molecule has 1 amide bonds. The third kappa shape index (κ3) is 4.96. The van der Waals surface area contributed by atoms with Gasteiger partial charge in [-0.1, -0.05) is 35.3 Å². The Morgan fingerprint density at radius 3 is 2.63 bits per heavy atom. The Bertz CT molecular complexity index is 939. The summed E-state index contributed by atoms with van der Waals surface area (Å²) in [6.07, 6.45) is 0. The van der Waals surface area contributed by atoms with Gasteiger partial charge < -0.3 is 19.2 Å². The number of nitrogens with one attached hydrogen (secondary N) is 1. The lowest BCUT2D eigenvalue weighted by molar-refractivity contribution is 0.0992. The standard InChI is InChI=1S/C20H17Cl2NO4/c1-2-25-18-6-4-3-5-16(18)23-20(24)19-10-8-14(27-19)12-26-17-9-7-13(21)11-15(17)22/h3-11H,2,12H2,1H3,(H,23,24). The summed E-state index contributed by atoms with van der Waals surface area (Å²) < 4.78 is 16.7. The van der Waals surface area contributed by atoms with E-state index in [1.54, 1.807) is 42.5 Å². The maximum absolute atomic E-state index is 12.4. The highest BCUT2D eigenvalue weighted by Gasteiger charge is 2.14. The molecule has 0 atom stereocenters. The molecule has 1 aromatic heterocycles. The van der Waals surface area contributed by atoms with Crippen molar-refractivity contribution in [2.45, 2.75) is 13.5 Å². The number of furan rings is 1. The minimum Gasteiger partial charge on any atom is -0.492 e. The van der Waals surface area contributed by atoms with Crippen molar-refractivity contribution in [1.29, 1.82) is 0 Å². The average molecular weight is 406 g/mol. The van der Waals surface area contributed by atoms with Crippen molar-refractivity contribution < 1.29 is 18.7 Å². The van der Waals surface area contributed by atoms with Crippen molar-refractivity contribution in [1.82, 2.24) is 0 Å². The Morgan fingerprint density at radius 1 is 1.04 bits per heavy atom. The van der Waals surface area contributed by atoms with Gasteiger partial charge in [0.25, 0.3) is 5.91 Å². The highest BCUT2D eigenvalue weighted by molar-refractivity contribution is 6.35. The van der Waals surface area contributed by atoms with Crippen LogP contribution in [-0.4, -0.2) is 12.5 Å². The Labute approximate surface area is 166 Å². The van der Waals surface area contributed by atoms with Gasteiger partial charge in [-0.05, 0) is 49.4 Å². The van der Waals surface area contributed by atoms with E-state index in [0.29, 0.717) is 39.6 Å². The van der Waals surface area contributed by atoms with Crippen LogP contribution in [0.3, 0.4) is 0 Å². The van der Waals surface area contributed by atoms with Gasteiger partial charge in [-0.3, -0.25) is 4.79 Å². The van der Waals surface area contributed by atoms with Crippen LogP contribution in [0.1, 0.15) is 23.2 Å². The number of hydrogen-bond acceptors (Lipinski definition) is 4. The highest BCUT2D eigenvalue weighted by Crippen LogP contribution is 2.28. The summed E-state index contributed by atoms with van der Waals surface area (Å²) in [6.45, 7) is 2.51. The van der Waals surface area contributed by atoms with Crippen molar-refractivity contribution in [2.75, 3.05) is 11.9 Å². The lowest BCUT2D eigenvalue weighted by Gasteiger charge is -2.10. The van der Waals surface area contributed by atoms with E-state index < -0.39 is 0 Å². The van der Waals surface area contributed by atoms with E-state index in [0.717, 1.165) is 0 Å². The molecule has 3 rings (SSSR count). The number of amides is 1. The number of carbonyl (C=O) groups excluding carboxylic acids is 1. The van der Waals surface area contributed by atoms with Crippen LogP contribution in [0, 0.1) is 0 Å². The summed E-state index contributed by atoms with van der Waals surface area (Å²) in [5.74, 6) is 1.36. The van der Waals surface area contributed by atoms with Crippen molar-refractivity contribution in [3.8, 4) is 11.5 Å². The molecule has 0 spiro atoms. The van der Waals surface area contributed by atoms with Gasteiger partial charge in [-0.2, -0.15) is 0 Å². The monoisotopic (exact) mass is 405 g/mol. The van der Waals surface area contributed by atoms with Gasteiger partial charge >= 0.3 is 0 Å². The van der Waals surface area contributed by atoms with E-state index in [2.05, 4.69) is 5.32 Å². The fourth-order valence-corrected chi connectivity index (χ4v) is 2.82. The molecule has 27 heavy (non-hydrogen) atoms. The van der Waals surface area contributed by atoms with Crippen LogP contribution < -0.4 is 14.8 Å². The predicted octanol–water partition coefficient (Wildman–Crippen LogP) is 5.82. The first-order chi connectivity index (χ1) is 13.1. The van der Waals surface area contributed by atoms with E-state index in [4.69, 9.17) is 37.1 Å². The number of carbonyl (C=O) groups is 1. The van der Waals surface area contributed by atoms with E-state index in [9.17, 15) is 4.79 Å². The molecule has 5 nitrogen and oxygen atoms in total. The second-order valence-corrected chi connectivity index (χ2v) is 6.36. The van der Waals surface area contributed by atoms with Crippen LogP contribution >= 0.6 is 23.2 Å². The fourth-order valence-electron chi connectivity index (χ4n) is 2.35. The number of ether oxygens (including phenoxy) is 2. The molecular formula is C20H17Cl2NO4. The molecule has 0 aliphatic heterocycles. The zero-order chi connectivity index (χ0) is 19.2. The van der Waals surface area contributed by atoms with Crippen molar-refractivity contribution in [2.24, 2.45) is 0 Å². The third-order valence-electron chi connectivity index (χ3n) is 3.58. The predicted molar refractivity (Wildman–Crippen MR) is 105 cm³/mol. The molecule has 0 bridgehead atoms. The Hall–Kier alpha value is -2.63. The summed E-state index contributed by atoms with van der Waals surface area (Å²) >= 11 is 11.9. The molecule has 0 saturated heterocycles. The zero-order valence-electron chi connectivity index (χ0n) is 14.5. The van der Waals surface area contributed by atoms with Gasteiger partial charge in [0.15, 0.2) is 5.76 Å². The first-order valence-electron chi connectivity index (χ1n) is 8.26. The summed E-state index contributed by atoms with van der Waals surface area (Å²) in [5.41, 5.74) is 0.575. The van der Waals surface area contributed by atoms with Crippen LogP contribution in [0.25, 0.3) is 0 Å². The van der Waals surface area contributed by atoms with Crippen molar-refractivity contribution in [3.05, 3.63) is 76.2 Å². The fraction of sp³-hybridized carbons (Fsp3) is 0.150. The number of hydrogen-bond donors (Lipinski definition) is 1. The third-order valence-corrected chi connectivity index (χ3v) is 4.11. The van der Waals surface area contributed by atoms with Crippen LogP contribution in [0.4, 0.5) is 5.69 Å². The minimum absolute atomic E-state index is 0.129. The SMILES string of the molecule is CCOc1ccccc1NC(=O)c1ccc(COc2ccc(Cl)cc2Cl)o1. The molecule has 0 aliphatic rings. The van der Waals surface area contributed by atoms with E-state index in [1.807, 2.05) is 19.1 Å². The van der Waals surface area contributed by atoms with E-state index in [-0.39, 0.29) is 18.3 Å². The Morgan fingerprint density at radius 2 is 1.85 bits per heavy atom. The second kappa shape index (κ2) is 8.84. The number of rotatable bonds is 7. The first kappa shape index (κ1) is 19.1. The van der Waals surface area contributed by atoms with Crippen LogP contribution in [0.5, 0.6) is 11.5 Å². The second-order valence-electron chi connectivity index (χ2n) is 5.51. The minimum atomic E-state index is -0.377. The lowest BCUT2D eigenvalue weighted by atomic mass is 10.3. The Balaban J connectivity index is 1.64. The van der Waals surface area contributed by atoms with Gasteiger partial charge in [0.05, 0.1) is 17.3 Å². The molecule has 0 aliphatic carbocycles. The number of halogens is 2. The molecular weight excluding hydrogens is 389 g/mol. The summed E-state index contributed by atoms with van der Waals surface area (Å²) in [4.78, 5) is 12.4. The van der Waals surface area contributed by atoms with Gasteiger partial charge in [0, 0.05) is 5.02 Å². The summed E-state index contributed by atoms with van der Waals surface area (Å²) in [5, 5.41) is 3.71. The number of anilines is 1. The molecule has 0 fully saturated rings. The Kier molecular flexibility index (Phi) is 6.27. The zero-order valence-corrected chi connectivity index (χ0v) is 16.0. The van der Waals surface area contributed by atoms with Crippen LogP contribution in [-0.2, 0) is 6.61 Å². The molecule has 0 unspecified atom stereocenters.